The third-order valence-electron chi connectivity index (χ3n) is 4.76. The van der Waals surface area contributed by atoms with Gasteiger partial charge in [0.05, 0.1) is 6.10 Å². The van der Waals surface area contributed by atoms with Crippen molar-refractivity contribution in [3.8, 4) is 0 Å². The summed E-state index contributed by atoms with van der Waals surface area (Å²) >= 11 is 0. The molecule has 2 atom stereocenters. The van der Waals surface area contributed by atoms with E-state index in [1.54, 1.807) is 0 Å². The molecule has 1 fully saturated rings. The molecule has 134 valence electrons. The van der Waals surface area contributed by atoms with Gasteiger partial charge in [-0.25, -0.2) is 0 Å². The minimum atomic E-state index is -0.486. The Bertz CT molecular complexity index is 418. The highest BCUT2D eigenvalue weighted by atomic mass is 35.5. The Labute approximate surface area is 153 Å². The number of rotatable bonds is 6. The number of hydrogen-bond acceptors (Lipinski definition) is 3. The van der Waals surface area contributed by atoms with E-state index in [4.69, 9.17) is 5.73 Å². The van der Waals surface area contributed by atoms with Crippen LogP contribution in [0.25, 0.3) is 0 Å². The SMILES string of the molecule is CC1(C)CCC(NC[C@@H](O)[C@@H](N)Cc2ccccc2)CC1.Cl.Cl. The second-order valence-electron chi connectivity index (χ2n) is 7.27. The molecule has 0 radical (unpaired) electrons. The smallest absolute Gasteiger partial charge is 0.0818 e. The Kier molecular flexibility index (Phi) is 10.4. The van der Waals surface area contributed by atoms with Crippen LogP contribution in [0.3, 0.4) is 0 Å². The molecular weight excluding hydrogens is 331 g/mol. The van der Waals surface area contributed by atoms with Gasteiger partial charge in [-0.1, -0.05) is 44.2 Å². The summed E-state index contributed by atoms with van der Waals surface area (Å²) < 4.78 is 0. The highest BCUT2D eigenvalue weighted by Gasteiger charge is 2.27. The minimum absolute atomic E-state index is 0. The average molecular weight is 363 g/mol. The molecule has 0 amide bonds. The minimum Gasteiger partial charge on any atom is -0.390 e. The summed E-state index contributed by atoms with van der Waals surface area (Å²) in [6.07, 6.45) is 5.16. The Morgan fingerprint density at radius 2 is 1.74 bits per heavy atom. The highest BCUT2D eigenvalue weighted by Crippen LogP contribution is 2.34. The fraction of sp³-hybridized carbons (Fsp3) is 0.667. The van der Waals surface area contributed by atoms with E-state index in [0.29, 0.717) is 18.0 Å². The Hall–Kier alpha value is -0.320. The second-order valence-corrected chi connectivity index (χ2v) is 7.27. The normalized spacial score (nSPS) is 20.0. The van der Waals surface area contributed by atoms with Gasteiger partial charge in [-0.3, -0.25) is 0 Å². The van der Waals surface area contributed by atoms with Crippen molar-refractivity contribution in [2.75, 3.05) is 6.54 Å². The van der Waals surface area contributed by atoms with Gasteiger partial charge in [-0.2, -0.15) is 0 Å². The summed E-state index contributed by atoms with van der Waals surface area (Å²) in [5.41, 5.74) is 7.79. The van der Waals surface area contributed by atoms with E-state index in [9.17, 15) is 5.11 Å². The van der Waals surface area contributed by atoms with E-state index in [1.807, 2.05) is 18.2 Å². The van der Waals surface area contributed by atoms with Crippen LogP contribution in [0.1, 0.15) is 45.1 Å². The van der Waals surface area contributed by atoms with Crippen molar-refractivity contribution in [1.82, 2.24) is 5.32 Å². The van der Waals surface area contributed by atoms with Crippen molar-refractivity contribution < 1.29 is 5.11 Å². The number of nitrogens with two attached hydrogens (primary N) is 1. The molecule has 0 heterocycles. The molecule has 0 aromatic heterocycles. The number of halogens is 2. The van der Waals surface area contributed by atoms with Crippen LogP contribution in [0, 0.1) is 5.41 Å². The van der Waals surface area contributed by atoms with Gasteiger partial charge < -0.3 is 16.2 Å². The Balaban J connectivity index is 0.00000242. The lowest BCUT2D eigenvalue weighted by Crippen LogP contribution is -2.46. The van der Waals surface area contributed by atoms with Crippen LogP contribution in [0.4, 0.5) is 0 Å². The van der Waals surface area contributed by atoms with Crippen molar-refractivity contribution in [3.05, 3.63) is 35.9 Å². The Morgan fingerprint density at radius 3 is 2.30 bits per heavy atom. The topological polar surface area (TPSA) is 58.3 Å². The first kappa shape index (κ1) is 22.7. The molecule has 0 saturated heterocycles. The van der Waals surface area contributed by atoms with Crippen LogP contribution in [-0.2, 0) is 6.42 Å². The molecule has 0 spiro atoms. The largest absolute Gasteiger partial charge is 0.390 e. The zero-order valence-corrected chi connectivity index (χ0v) is 15.8. The van der Waals surface area contributed by atoms with Crippen molar-refractivity contribution in [1.29, 1.82) is 0 Å². The fourth-order valence-corrected chi connectivity index (χ4v) is 3.06. The summed E-state index contributed by atoms with van der Waals surface area (Å²) in [5.74, 6) is 0. The van der Waals surface area contributed by atoms with Gasteiger partial charge >= 0.3 is 0 Å². The quantitative estimate of drug-likeness (QED) is 0.727. The number of nitrogens with one attached hydrogen (secondary N) is 1. The first-order valence-electron chi connectivity index (χ1n) is 8.17. The van der Waals surface area contributed by atoms with Crippen molar-refractivity contribution >= 4 is 24.8 Å². The molecular formula is C18H32Cl2N2O. The molecule has 0 aliphatic heterocycles. The van der Waals surface area contributed by atoms with Crippen molar-refractivity contribution in [3.63, 3.8) is 0 Å². The lowest BCUT2D eigenvalue weighted by molar-refractivity contribution is 0.128. The number of aliphatic hydroxyl groups excluding tert-OH is 1. The standard InChI is InChI=1S/C18H30N2O.2ClH/c1-18(2)10-8-15(9-11-18)20-13-17(21)16(19)12-14-6-4-3-5-7-14;;/h3-7,15-17,20-21H,8-13,19H2,1-2H3;2*1H/t16-,17+;;/m0../s1. The molecule has 1 aromatic carbocycles. The first-order valence-corrected chi connectivity index (χ1v) is 8.17. The van der Waals surface area contributed by atoms with Gasteiger partial charge in [-0.05, 0) is 43.1 Å². The number of benzene rings is 1. The summed E-state index contributed by atoms with van der Waals surface area (Å²) in [7, 11) is 0. The zero-order chi connectivity index (χ0) is 15.3. The molecule has 23 heavy (non-hydrogen) atoms. The predicted molar refractivity (Wildman–Crippen MR) is 103 cm³/mol. The van der Waals surface area contributed by atoms with Gasteiger partial charge in [0.25, 0.3) is 0 Å². The maximum Gasteiger partial charge on any atom is 0.0818 e. The summed E-state index contributed by atoms with van der Waals surface area (Å²) in [5, 5.41) is 13.7. The molecule has 1 aliphatic carbocycles. The van der Waals surface area contributed by atoms with Crippen LogP contribution in [-0.4, -0.2) is 29.8 Å². The summed E-state index contributed by atoms with van der Waals surface area (Å²) in [6, 6.07) is 10.5. The third kappa shape index (κ3) is 7.86. The van der Waals surface area contributed by atoms with E-state index in [0.717, 1.165) is 6.42 Å². The van der Waals surface area contributed by atoms with Crippen molar-refractivity contribution in [2.45, 2.75) is 64.1 Å². The molecule has 1 saturated carbocycles. The lowest BCUT2D eigenvalue weighted by atomic mass is 9.75. The van der Waals surface area contributed by atoms with Gasteiger partial charge in [0.2, 0.25) is 0 Å². The van der Waals surface area contributed by atoms with Crippen molar-refractivity contribution in [2.24, 2.45) is 11.1 Å². The van der Waals surface area contributed by atoms with Crippen LogP contribution < -0.4 is 11.1 Å². The summed E-state index contributed by atoms with van der Waals surface area (Å²) in [6.45, 7) is 5.28. The number of hydrogen-bond donors (Lipinski definition) is 3. The van der Waals surface area contributed by atoms with E-state index >= 15 is 0 Å². The maximum absolute atomic E-state index is 10.2. The van der Waals surface area contributed by atoms with E-state index in [1.165, 1.54) is 31.2 Å². The van der Waals surface area contributed by atoms with Crippen LogP contribution in [0.15, 0.2) is 30.3 Å². The zero-order valence-electron chi connectivity index (χ0n) is 14.2. The highest BCUT2D eigenvalue weighted by molar-refractivity contribution is 5.85. The third-order valence-corrected chi connectivity index (χ3v) is 4.76. The van der Waals surface area contributed by atoms with E-state index in [-0.39, 0.29) is 30.9 Å². The van der Waals surface area contributed by atoms with Crippen LogP contribution >= 0.6 is 24.8 Å². The number of aliphatic hydroxyl groups is 1. The lowest BCUT2D eigenvalue weighted by Gasteiger charge is -2.35. The molecule has 1 aromatic rings. The van der Waals surface area contributed by atoms with Gasteiger partial charge in [0.1, 0.15) is 0 Å². The second kappa shape index (κ2) is 10.5. The molecule has 0 unspecified atom stereocenters. The van der Waals surface area contributed by atoms with Crippen LogP contribution in [0.2, 0.25) is 0 Å². The van der Waals surface area contributed by atoms with Gasteiger partial charge in [0, 0.05) is 18.6 Å². The molecule has 4 N–H and O–H groups in total. The molecule has 0 bridgehead atoms. The predicted octanol–water partition coefficient (Wildman–Crippen LogP) is 3.32. The van der Waals surface area contributed by atoms with Gasteiger partial charge in [-0.15, -0.1) is 24.8 Å². The molecule has 3 nitrogen and oxygen atoms in total. The molecule has 5 heteroatoms. The van der Waals surface area contributed by atoms with E-state index in [2.05, 4.69) is 31.3 Å². The van der Waals surface area contributed by atoms with E-state index < -0.39 is 6.10 Å². The molecule has 1 aliphatic rings. The van der Waals surface area contributed by atoms with Crippen LogP contribution in [0.5, 0.6) is 0 Å². The fourth-order valence-electron chi connectivity index (χ4n) is 3.06. The maximum atomic E-state index is 10.2. The monoisotopic (exact) mass is 362 g/mol. The Morgan fingerprint density at radius 1 is 1.17 bits per heavy atom. The summed E-state index contributed by atoms with van der Waals surface area (Å²) in [4.78, 5) is 0. The molecule has 2 rings (SSSR count). The van der Waals surface area contributed by atoms with Gasteiger partial charge in [0.15, 0.2) is 0 Å². The first-order chi connectivity index (χ1) is 9.96. The average Bonchev–Trinajstić information content (AvgIpc) is 2.47.